The Labute approximate surface area is 100 Å². The number of rotatable bonds is 8. The van der Waals surface area contributed by atoms with Gasteiger partial charge in [0.2, 0.25) is 0 Å². The Morgan fingerprint density at radius 3 is 2.33 bits per heavy atom. The first-order chi connectivity index (χ1) is 7.06. The minimum Gasteiger partial charge on any atom is -0.312 e. The predicted molar refractivity (Wildman–Crippen MR) is 73.7 cm³/mol. The lowest BCUT2D eigenvalue weighted by atomic mass is 10.1. The number of hydrogen-bond donors (Lipinski definition) is 1. The highest BCUT2D eigenvalue weighted by molar-refractivity contribution is 7.98. The highest BCUT2D eigenvalue weighted by atomic mass is 32.2. The van der Waals surface area contributed by atoms with Crippen LogP contribution in [-0.2, 0) is 0 Å². The smallest absolute Gasteiger partial charge is 0.00490 e. The van der Waals surface area contributed by atoms with Gasteiger partial charge in [-0.05, 0) is 59.0 Å². The predicted octanol–water partition coefficient (Wildman–Crippen LogP) is 3.85. The summed E-state index contributed by atoms with van der Waals surface area (Å²) in [7, 11) is 0. The van der Waals surface area contributed by atoms with Gasteiger partial charge in [-0.2, -0.15) is 11.8 Å². The van der Waals surface area contributed by atoms with Crippen LogP contribution in [0.5, 0.6) is 0 Å². The maximum absolute atomic E-state index is 3.65. The normalized spacial score (nSPS) is 14.7. The van der Waals surface area contributed by atoms with Gasteiger partial charge >= 0.3 is 0 Å². The zero-order chi connectivity index (χ0) is 11.7. The molecule has 0 aliphatic heterocycles. The first-order valence-electron chi connectivity index (χ1n) is 5.94. The molecule has 1 N–H and O–H groups in total. The quantitative estimate of drug-likeness (QED) is 0.634. The Morgan fingerprint density at radius 2 is 1.80 bits per heavy atom. The minimum absolute atomic E-state index is 0.637. The Kier molecular flexibility index (Phi) is 9.32. The Hall–Kier alpha value is 0.0500. The van der Waals surface area contributed by atoms with Crippen molar-refractivity contribution in [2.45, 2.75) is 59.0 Å². The number of thioether (sulfide) groups is 1. The molecule has 0 aromatic carbocycles. The van der Waals surface area contributed by atoms with Gasteiger partial charge in [-0.15, -0.1) is 0 Å². The second kappa shape index (κ2) is 9.29. The van der Waals surface area contributed by atoms with E-state index >= 15 is 0 Å². The molecule has 2 unspecified atom stereocenters. The number of hydrogen-bond acceptors (Lipinski definition) is 2. The average Bonchev–Trinajstić information content (AvgIpc) is 2.14. The molecule has 0 amide bonds. The third-order valence-corrected chi connectivity index (χ3v) is 3.12. The van der Waals surface area contributed by atoms with Crippen LogP contribution in [0.1, 0.15) is 47.0 Å². The van der Waals surface area contributed by atoms with Crippen LogP contribution in [0, 0.1) is 0 Å². The maximum Gasteiger partial charge on any atom is 0.00490 e. The summed E-state index contributed by atoms with van der Waals surface area (Å²) in [6.45, 7) is 8.90. The van der Waals surface area contributed by atoms with Crippen molar-refractivity contribution in [3.63, 3.8) is 0 Å². The van der Waals surface area contributed by atoms with Gasteiger partial charge < -0.3 is 5.32 Å². The van der Waals surface area contributed by atoms with Crippen molar-refractivity contribution in [1.82, 2.24) is 5.32 Å². The topological polar surface area (TPSA) is 12.0 Å². The van der Waals surface area contributed by atoms with Crippen LogP contribution >= 0.6 is 11.8 Å². The Balaban J connectivity index is 3.54. The molecular formula is C13H27NS. The Morgan fingerprint density at radius 1 is 1.20 bits per heavy atom. The summed E-state index contributed by atoms with van der Waals surface area (Å²) in [6.07, 6.45) is 8.21. The lowest BCUT2D eigenvalue weighted by molar-refractivity contribution is 0.442. The molecule has 0 bridgehead atoms. The molecular weight excluding hydrogens is 202 g/mol. The van der Waals surface area contributed by atoms with Crippen LogP contribution < -0.4 is 5.32 Å². The molecule has 15 heavy (non-hydrogen) atoms. The standard InChI is InChI=1S/C13H27NS/c1-11(2)7-6-8-12(3)14-13(4)9-10-15-5/h7,12-14H,6,8-10H2,1-5H3. The van der Waals surface area contributed by atoms with Crippen LogP contribution in [-0.4, -0.2) is 24.1 Å². The van der Waals surface area contributed by atoms with Gasteiger partial charge in [0.05, 0.1) is 0 Å². The fourth-order valence-corrected chi connectivity index (χ4v) is 2.16. The summed E-state index contributed by atoms with van der Waals surface area (Å²) in [6, 6.07) is 1.29. The largest absolute Gasteiger partial charge is 0.312 e. The molecule has 0 aromatic heterocycles. The van der Waals surface area contributed by atoms with Gasteiger partial charge in [-0.1, -0.05) is 11.6 Å². The number of nitrogens with one attached hydrogen (secondary N) is 1. The fraction of sp³-hybridized carbons (Fsp3) is 0.846. The third kappa shape index (κ3) is 10.3. The highest BCUT2D eigenvalue weighted by Gasteiger charge is 2.05. The molecule has 1 nitrogen and oxygen atoms in total. The average molecular weight is 229 g/mol. The zero-order valence-corrected chi connectivity index (χ0v) is 11.8. The van der Waals surface area contributed by atoms with Crippen molar-refractivity contribution in [3.8, 4) is 0 Å². The van der Waals surface area contributed by atoms with Gasteiger partial charge in [0.15, 0.2) is 0 Å². The van der Waals surface area contributed by atoms with E-state index in [0.29, 0.717) is 12.1 Å². The van der Waals surface area contributed by atoms with Gasteiger partial charge in [0.1, 0.15) is 0 Å². The molecule has 0 saturated heterocycles. The van der Waals surface area contributed by atoms with E-state index in [4.69, 9.17) is 0 Å². The molecule has 2 heteroatoms. The SMILES string of the molecule is CSCCC(C)NC(C)CCC=C(C)C. The summed E-state index contributed by atoms with van der Waals surface area (Å²) < 4.78 is 0. The maximum atomic E-state index is 3.65. The van der Waals surface area contributed by atoms with E-state index in [0.717, 1.165) is 0 Å². The molecule has 0 spiro atoms. The van der Waals surface area contributed by atoms with E-state index in [1.54, 1.807) is 0 Å². The summed E-state index contributed by atoms with van der Waals surface area (Å²) in [5, 5.41) is 3.65. The van der Waals surface area contributed by atoms with E-state index in [1.807, 2.05) is 11.8 Å². The second-order valence-electron chi connectivity index (χ2n) is 4.61. The van der Waals surface area contributed by atoms with Crippen LogP contribution in [0.4, 0.5) is 0 Å². The first kappa shape index (κ1) is 15.0. The Bertz CT molecular complexity index is 173. The van der Waals surface area contributed by atoms with Crippen molar-refractivity contribution >= 4 is 11.8 Å². The fourth-order valence-electron chi connectivity index (χ4n) is 1.57. The summed E-state index contributed by atoms with van der Waals surface area (Å²) >= 11 is 1.93. The molecule has 0 radical (unpaired) electrons. The van der Waals surface area contributed by atoms with E-state index in [1.165, 1.54) is 30.6 Å². The molecule has 0 saturated carbocycles. The van der Waals surface area contributed by atoms with Crippen LogP contribution in [0.15, 0.2) is 11.6 Å². The van der Waals surface area contributed by atoms with Crippen molar-refractivity contribution < 1.29 is 0 Å². The van der Waals surface area contributed by atoms with Gasteiger partial charge in [-0.25, -0.2) is 0 Å². The lowest BCUT2D eigenvalue weighted by Gasteiger charge is -2.19. The molecule has 0 aliphatic carbocycles. The van der Waals surface area contributed by atoms with Crippen molar-refractivity contribution in [2.75, 3.05) is 12.0 Å². The molecule has 0 aliphatic rings. The van der Waals surface area contributed by atoms with Crippen LogP contribution in [0.25, 0.3) is 0 Å². The van der Waals surface area contributed by atoms with Gasteiger partial charge in [0.25, 0.3) is 0 Å². The van der Waals surface area contributed by atoms with Crippen molar-refractivity contribution in [3.05, 3.63) is 11.6 Å². The first-order valence-corrected chi connectivity index (χ1v) is 7.34. The second-order valence-corrected chi connectivity index (χ2v) is 5.59. The molecule has 2 atom stereocenters. The number of allylic oxidation sites excluding steroid dienone is 2. The van der Waals surface area contributed by atoms with Gasteiger partial charge in [-0.3, -0.25) is 0 Å². The van der Waals surface area contributed by atoms with Crippen molar-refractivity contribution in [2.24, 2.45) is 0 Å². The molecule has 0 heterocycles. The monoisotopic (exact) mass is 229 g/mol. The van der Waals surface area contributed by atoms with Gasteiger partial charge in [0, 0.05) is 12.1 Å². The van der Waals surface area contributed by atoms with Crippen LogP contribution in [0.3, 0.4) is 0 Å². The van der Waals surface area contributed by atoms with Crippen molar-refractivity contribution in [1.29, 1.82) is 0 Å². The van der Waals surface area contributed by atoms with Crippen LogP contribution in [0.2, 0.25) is 0 Å². The van der Waals surface area contributed by atoms with E-state index in [9.17, 15) is 0 Å². The summed E-state index contributed by atoms with van der Waals surface area (Å²) in [4.78, 5) is 0. The van der Waals surface area contributed by atoms with E-state index < -0.39 is 0 Å². The molecule has 90 valence electrons. The molecule has 0 rings (SSSR count). The molecule has 0 fully saturated rings. The van der Waals surface area contributed by atoms with E-state index in [2.05, 4.69) is 45.3 Å². The zero-order valence-electron chi connectivity index (χ0n) is 11.0. The highest BCUT2D eigenvalue weighted by Crippen LogP contribution is 2.05. The summed E-state index contributed by atoms with van der Waals surface area (Å²) in [5.41, 5.74) is 1.43. The lowest BCUT2D eigenvalue weighted by Crippen LogP contribution is -2.34. The third-order valence-electron chi connectivity index (χ3n) is 2.48. The minimum atomic E-state index is 0.637. The molecule has 0 aromatic rings. The van der Waals surface area contributed by atoms with E-state index in [-0.39, 0.29) is 0 Å². The summed E-state index contributed by atoms with van der Waals surface area (Å²) in [5.74, 6) is 1.26.